The summed E-state index contributed by atoms with van der Waals surface area (Å²) in [6.07, 6.45) is 2.38. The maximum atomic E-state index is 12.3. The molecule has 1 fully saturated rings. The van der Waals surface area contributed by atoms with Gasteiger partial charge in [-0.25, -0.2) is 0 Å². The predicted molar refractivity (Wildman–Crippen MR) is 91.5 cm³/mol. The third-order valence-electron chi connectivity index (χ3n) is 4.16. The largest absolute Gasteiger partial charge is 0.397 e. The van der Waals surface area contributed by atoms with Gasteiger partial charge in [-0.3, -0.25) is 4.79 Å². The summed E-state index contributed by atoms with van der Waals surface area (Å²) < 4.78 is 0. The molecule has 5 heteroatoms. The van der Waals surface area contributed by atoms with E-state index in [1.54, 1.807) is 11.3 Å². The third-order valence-corrected chi connectivity index (χ3v) is 5.35. The molecule has 2 rings (SSSR count). The molecule has 1 aliphatic carbocycles. The van der Waals surface area contributed by atoms with Crippen LogP contribution in [-0.2, 0) is 0 Å². The summed E-state index contributed by atoms with van der Waals surface area (Å²) in [6, 6.07) is 0.435. The van der Waals surface area contributed by atoms with E-state index in [4.69, 9.17) is 5.73 Å². The monoisotopic (exact) mass is 309 g/mol. The summed E-state index contributed by atoms with van der Waals surface area (Å²) in [7, 11) is 4.15. The summed E-state index contributed by atoms with van der Waals surface area (Å²) in [5.74, 6) is 0.701. The Kier molecular flexibility index (Phi) is 4.94. The lowest BCUT2D eigenvalue weighted by atomic mass is 10.0. The van der Waals surface area contributed by atoms with Crippen molar-refractivity contribution in [3.8, 4) is 0 Å². The first-order chi connectivity index (χ1) is 9.82. The maximum absolute atomic E-state index is 12.3. The molecule has 4 nitrogen and oxygen atoms in total. The normalized spacial score (nSPS) is 16.5. The number of nitrogen functional groups attached to an aromatic ring is 1. The Labute approximate surface area is 131 Å². The van der Waals surface area contributed by atoms with E-state index in [1.807, 2.05) is 13.8 Å². The summed E-state index contributed by atoms with van der Waals surface area (Å²) in [5, 5.41) is 4.62. The summed E-state index contributed by atoms with van der Waals surface area (Å²) in [6.45, 7) is 6.90. The van der Waals surface area contributed by atoms with Crippen LogP contribution < -0.4 is 11.1 Å². The molecule has 1 atom stereocenters. The van der Waals surface area contributed by atoms with Crippen LogP contribution in [0.15, 0.2) is 0 Å². The van der Waals surface area contributed by atoms with Crippen molar-refractivity contribution in [3.05, 3.63) is 10.4 Å². The summed E-state index contributed by atoms with van der Waals surface area (Å²) in [4.78, 5) is 15.2. The van der Waals surface area contributed by atoms with Crippen molar-refractivity contribution in [3.63, 3.8) is 0 Å². The molecule has 3 N–H and O–H groups in total. The molecule has 1 unspecified atom stereocenters. The molecule has 1 aromatic heterocycles. The zero-order valence-electron chi connectivity index (χ0n) is 13.7. The molecule has 0 spiro atoms. The number of Topliss-reactive ketones (excluding diaryl/α,β-unsaturated/α-hetero) is 1. The Bertz CT molecular complexity index is 518. The molecular formula is C16H27N3OS. The molecule has 118 valence electrons. The zero-order valence-corrected chi connectivity index (χ0v) is 14.5. The Morgan fingerprint density at radius 2 is 2.00 bits per heavy atom. The second kappa shape index (κ2) is 6.36. The average molecular weight is 309 g/mol. The highest BCUT2D eigenvalue weighted by molar-refractivity contribution is 7.18. The first-order valence-electron chi connectivity index (χ1n) is 7.69. The molecule has 0 aromatic carbocycles. The Balaban J connectivity index is 2.23. The lowest BCUT2D eigenvalue weighted by molar-refractivity contribution is 0.0944. The Morgan fingerprint density at radius 1 is 1.38 bits per heavy atom. The quantitative estimate of drug-likeness (QED) is 0.758. The molecule has 0 radical (unpaired) electrons. The lowest BCUT2D eigenvalue weighted by Gasteiger charge is -2.20. The van der Waals surface area contributed by atoms with Crippen molar-refractivity contribution >= 4 is 27.8 Å². The number of ketones is 1. The smallest absolute Gasteiger partial charge is 0.177 e. The second-order valence-electron chi connectivity index (χ2n) is 6.57. The minimum absolute atomic E-state index is 0.00782. The van der Waals surface area contributed by atoms with Crippen LogP contribution in [0.4, 0.5) is 10.7 Å². The van der Waals surface area contributed by atoms with Crippen LogP contribution in [0, 0.1) is 5.92 Å². The number of anilines is 2. The van der Waals surface area contributed by atoms with Gasteiger partial charge in [0.25, 0.3) is 0 Å². The van der Waals surface area contributed by atoms with E-state index in [9.17, 15) is 4.79 Å². The first kappa shape index (κ1) is 16.3. The third kappa shape index (κ3) is 3.58. The molecule has 0 amide bonds. The van der Waals surface area contributed by atoms with Gasteiger partial charge < -0.3 is 16.0 Å². The van der Waals surface area contributed by atoms with Crippen LogP contribution in [0.1, 0.15) is 54.8 Å². The number of carbonyl (C=O) groups is 1. The van der Waals surface area contributed by atoms with Crippen molar-refractivity contribution in [2.75, 3.05) is 31.7 Å². The Morgan fingerprint density at radius 3 is 2.48 bits per heavy atom. The van der Waals surface area contributed by atoms with Gasteiger partial charge in [0.2, 0.25) is 0 Å². The highest BCUT2D eigenvalue weighted by atomic mass is 32.1. The number of rotatable bonds is 7. The summed E-state index contributed by atoms with van der Waals surface area (Å²) in [5.41, 5.74) is 8.20. The van der Waals surface area contributed by atoms with Crippen molar-refractivity contribution in [2.45, 2.75) is 45.6 Å². The minimum Gasteiger partial charge on any atom is -0.397 e. The highest BCUT2D eigenvalue weighted by Crippen LogP contribution is 2.51. The number of likely N-dealkylation sites (N-methyl/N-ethyl adjacent to an activating group) is 1. The number of nitrogens with two attached hydrogens (primary N) is 1. The Hall–Kier alpha value is -1.07. The number of hydrogen-bond donors (Lipinski definition) is 2. The molecule has 0 bridgehead atoms. The van der Waals surface area contributed by atoms with Crippen molar-refractivity contribution < 1.29 is 4.79 Å². The van der Waals surface area contributed by atoms with Crippen LogP contribution in [0.3, 0.4) is 0 Å². The van der Waals surface area contributed by atoms with E-state index in [2.05, 4.69) is 31.2 Å². The van der Waals surface area contributed by atoms with Crippen molar-refractivity contribution in [1.29, 1.82) is 0 Å². The van der Waals surface area contributed by atoms with Gasteiger partial charge in [-0.1, -0.05) is 13.8 Å². The van der Waals surface area contributed by atoms with Gasteiger partial charge in [0.15, 0.2) is 5.78 Å². The topological polar surface area (TPSA) is 58.4 Å². The van der Waals surface area contributed by atoms with Gasteiger partial charge in [-0.15, -0.1) is 11.3 Å². The van der Waals surface area contributed by atoms with E-state index in [0.29, 0.717) is 12.0 Å². The molecule has 1 aromatic rings. The van der Waals surface area contributed by atoms with E-state index >= 15 is 0 Å². The van der Waals surface area contributed by atoms with E-state index in [-0.39, 0.29) is 11.7 Å². The second-order valence-corrected chi connectivity index (χ2v) is 7.60. The molecule has 1 saturated carbocycles. The average Bonchev–Trinajstić information content (AvgIpc) is 3.19. The van der Waals surface area contributed by atoms with Crippen LogP contribution in [0.2, 0.25) is 0 Å². The van der Waals surface area contributed by atoms with Gasteiger partial charge in [0, 0.05) is 24.1 Å². The van der Waals surface area contributed by atoms with Gasteiger partial charge >= 0.3 is 0 Å². The fourth-order valence-corrected chi connectivity index (χ4v) is 3.54. The molecular weight excluding hydrogens is 282 g/mol. The number of nitrogens with zero attached hydrogens (tertiary/aromatic N) is 1. The molecule has 1 heterocycles. The van der Waals surface area contributed by atoms with Gasteiger partial charge in [-0.2, -0.15) is 0 Å². The van der Waals surface area contributed by atoms with Crippen molar-refractivity contribution in [2.24, 2.45) is 5.92 Å². The number of nitrogens with one attached hydrogen (secondary N) is 1. The van der Waals surface area contributed by atoms with E-state index < -0.39 is 0 Å². The molecule has 21 heavy (non-hydrogen) atoms. The summed E-state index contributed by atoms with van der Waals surface area (Å²) >= 11 is 1.54. The highest BCUT2D eigenvalue weighted by Gasteiger charge is 2.33. The molecule has 1 aliphatic rings. The van der Waals surface area contributed by atoms with Crippen LogP contribution >= 0.6 is 11.3 Å². The standard InChI is InChI=1S/C16H27N3OS/c1-9(2)14(20)15-13(17)12(11-6-7-11)16(21-15)18-8-10(3)19(4)5/h9-11,18H,6-8,17H2,1-5H3. The minimum atomic E-state index is -0.00782. The predicted octanol–water partition coefficient (Wildman–Crippen LogP) is 3.41. The van der Waals surface area contributed by atoms with Gasteiger partial charge in [0.1, 0.15) is 0 Å². The SMILES string of the molecule is CC(C)C(=O)c1sc(NCC(C)N(C)C)c(C2CC2)c1N. The first-order valence-corrected chi connectivity index (χ1v) is 8.51. The van der Waals surface area contributed by atoms with Crippen LogP contribution in [0.5, 0.6) is 0 Å². The fourth-order valence-electron chi connectivity index (χ4n) is 2.23. The van der Waals surface area contributed by atoms with E-state index in [1.165, 1.54) is 18.4 Å². The van der Waals surface area contributed by atoms with Gasteiger partial charge in [0.05, 0.1) is 15.6 Å². The molecule has 0 saturated heterocycles. The van der Waals surface area contributed by atoms with Gasteiger partial charge in [-0.05, 0) is 39.8 Å². The van der Waals surface area contributed by atoms with Crippen LogP contribution in [-0.4, -0.2) is 37.4 Å². The number of carbonyl (C=O) groups excluding carboxylic acids is 1. The fraction of sp³-hybridized carbons (Fsp3) is 0.688. The van der Waals surface area contributed by atoms with Crippen LogP contribution in [0.25, 0.3) is 0 Å². The zero-order chi connectivity index (χ0) is 15.7. The van der Waals surface area contributed by atoms with Crippen molar-refractivity contribution in [1.82, 2.24) is 4.90 Å². The van der Waals surface area contributed by atoms with E-state index in [0.717, 1.165) is 22.1 Å². The number of thiophene rings is 1. The lowest BCUT2D eigenvalue weighted by Crippen LogP contribution is -2.31. The maximum Gasteiger partial charge on any atom is 0.177 e. The molecule has 0 aliphatic heterocycles. The number of hydrogen-bond acceptors (Lipinski definition) is 5.